The van der Waals surface area contributed by atoms with Gasteiger partial charge in [-0.05, 0) is 81.8 Å². The molecule has 1 heterocycles. The minimum absolute atomic E-state index is 0.183. The first-order chi connectivity index (χ1) is 10.3. The number of nitrogens with one attached hydrogen (secondary N) is 2. The minimum atomic E-state index is -1.05. The molecule has 3 rings (SSSR count). The second-order valence-electron chi connectivity index (χ2n) is 7.56. The van der Waals surface area contributed by atoms with E-state index in [0.717, 1.165) is 36.8 Å². The molecule has 1 aliphatic carbocycles. The van der Waals surface area contributed by atoms with E-state index in [0.29, 0.717) is 0 Å². The summed E-state index contributed by atoms with van der Waals surface area (Å²) in [6.07, 6.45) is 3.37. The Labute approximate surface area is 144 Å². The standard InChI is InChI=1S/C17H25BrN2OS/c1-16(2,3)22(21)20-15-14-10-13(18)5-4-12(14)11-17(15)6-8-19-9-7-17/h4-5,10,15,19-20H,6-9,11H2,1-3H3/t15-,22?/m1/s1. The van der Waals surface area contributed by atoms with Crippen LogP contribution in [0.3, 0.4) is 0 Å². The van der Waals surface area contributed by atoms with Crippen molar-refractivity contribution in [3.05, 3.63) is 33.8 Å². The second kappa shape index (κ2) is 6.00. The van der Waals surface area contributed by atoms with E-state index < -0.39 is 11.0 Å². The lowest BCUT2D eigenvalue weighted by Crippen LogP contribution is -2.46. The van der Waals surface area contributed by atoms with Gasteiger partial charge in [0.1, 0.15) is 0 Å². The molecule has 0 saturated carbocycles. The molecule has 5 heteroatoms. The first kappa shape index (κ1) is 16.6. The Morgan fingerprint density at radius 1 is 1.32 bits per heavy atom. The lowest BCUT2D eigenvalue weighted by molar-refractivity contribution is 0.164. The van der Waals surface area contributed by atoms with Crippen LogP contribution in [0, 0.1) is 5.41 Å². The van der Waals surface area contributed by atoms with Crippen molar-refractivity contribution in [2.45, 2.75) is 50.8 Å². The van der Waals surface area contributed by atoms with Gasteiger partial charge in [-0.15, -0.1) is 0 Å². The summed E-state index contributed by atoms with van der Waals surface area (Å²) in [5.74, 6) is 0. The highest BCUT2D eigenvalue weighted by Gasteiger charge is 2.47. The highest BCUT2D eigenvalue weighted by atomic mass is 79.9. The third-order valence-corrected chi connectivity index (χ3v) is 7.01. The molecule has 0 bridgehead atoms. The van der Waals surface area contributed by atoms with Gasteiger partial charge in [-0.3, -0.25) is 0 Å². The zero-order chi connectivity index (χ0) is 16.0. The number of benzene rings is 1. The van der Waals surface area contributed by atoms with E-state index in [1.54, 1.807) is 0 Å². The Balaban J connectivity index is 1.97. The van der Waals surface area contributed by atoms with Gasteiger partial charge in [0.25, 0.3) is 0 Å². The Kier molecular flexibility index (Phi) is 4.54. The van der Waals surface area contributed by atoms with Gasteiger partial charge >= 0.3 is 0 Å². The molecule has 3 nitrogen and oxygen atoms in total. The van der Waals surface area contributed by atoms with E-state index in [1.165, 1.54) is 11.1 Å². The van der Waals surface area contributed by atoms with Gasteiger partial charge in [-0.1, -0.05) is 22.0 Å². The number of fused-ring (bicyclic) bond motifs is 1. The topological polar surface area (TPSA) is 41.1 Å². The summed E-state index contributed by atoms with van der Waals surface area (Å²) >= 11 is 3.59. The molecule has 1 aromatic carbocycles. The molecule has 122 valence electrons. The fraction of sp³-hybridized carbons (Fsp3) is 0.647. The molecular weight excluding hydrogens is 360 g/mol. The van der Waals surface area contributed by atoms with Gasteiger partial charge in [-0.25, -0.2) is 8.93 Å². The lowest BCUT2D eigenvalue weighted by atomic mass is 9.73. The Morgan fingerprint density at radius 2 is 2.00 bits per heavy atom. The number of hydrogen-bond donors (Lipinski definition) is 2. The van der Waals surface area contributed by atoms with Crippen molar-refractivity contribution >= 4 is 26.9 Å². The predicted molar refractivity (Wildman–Crippen MR) is 96.2 cm³/mol. The number of piperidine rings is 1. The molecule has 1 spiro atoms. The minimum Gasteiger partial charge on any atom is -0.317 e. The highest BCUT2D eigenvalue weighted by Crippen LogP contribution is 2.51. The van der Waals surface area contributed by atoms with Crippen LogP contribution >= 0.6 is 15.9 Å². The summed E-state index contributed by atoms with van der Waals surface area (Å²) < 4.78 is 17.1. The first-order valence-corrected chi connectivity index (χ1v) is 9.93. The normalized spacial score (nSPS) is 25.2. The average molecular weight is 385 g/mol. The van der Waals surface area contributed by atoms with Crippen LogP contribution in [0.4, 0.5) is 0 Å². The summed E-state index contributed by atoms with van der Waals surface area (Å²) in [5, 5.41) is 3.47. The van der Waals surface area contributed by atoms with Gasteiger partial charge in [0.2, 0.25) is 0 Å². The smallest absolute Gasteiger partial charge is 0.0976 e. The summed E-state index contributed by atoms with van der Waals surface area (Å²) in [6.45, 7) is 8.19. The largest absolute Gasteiger partial charge is 0.317 e. The molecule has 2 atom stereocenters. The van der Waals surface area contributed by atoms with Crippen LogP contribution in [0.15, 0.2) is 22.7 Å². The SMILES string of the molecule is CC(C)(C)S(=O)N[C@@H]1c2cc(Br)ccc2CC12CCNCC2. The van der Waals surface area contributed by atoms with Crippen molar-refractivity contribution in [2.75, 3.05) is 13.1 Å². The fourth-order valence-electron chi connectivity index (χ4n) is 3.67. The van der Waals surface area contributed by atoms with Gasteiger partial charge in [-0.2, -0.15) is 0 Å². The zero-order valence-corrected chi connectivity index (χ0v) is 15.9. The zero-order valence-electron chi connectivity index (χ0n) is 13.5. The highest BCUT2D eigenvalue weighted by molar-refractivity contribution is 9.10. The summed E-state index contributed by atoms with van der Waals surface area (Å²) in [6, 6.07) is 6.74. The van der Waals surface area contributed by atoms with Crippen molar-refractivity contribution in [1.82, 2.24) is 10.0 Å². The van der Waals surface area contributed by atoms with Crippen molar-refractivity contribution in [3.63, 3.8) is 0 Å². The van der Waals surface area contributed by atoms with E-state index in [4.69, 9.17) is 0 Å². The van der Waals surface area contributed by atoms with Crippen molar-refractivity contribution in [2.24, 2.45) is 5.41 Å². The molecule has 1 fully saturated rings. The van der Waals surface area contributed by atoms with Crippen molar-refractivity contribution in [3.8, 4) is 0 Å². The van der Waals surface area contributed by atoms with Crippen LogP contribution in [0.5, 0.6) is 0 Å². The van der Waals surface area contributed by atoms with Crippen LogP contribution in [0.25, 0.3) is 0 Å². The van der Waals surface area contributed by atoms with E-state index in [2.05, 4.69) is 44.2 Å². The monoisotopic (exact) mass is 384 g/mol. The average Bonchev–Trinajstić information content (AvgIpc) is 2.72. The molecular formula is C17H25BrN2OS. The molecule has 1 unspecified atom stereocenters. The molecule has 22 heavy (non-hydrogen) atoms. The number of rotatable bonds is 2. The molecule has 0 radical (unpaired) electrons. The molecule has 1 aliphatic heterocycles. The lowest BCUT2D eigenvalue weighted by Gasteiger charge is -2.40. The van der Waals surface area contributed by atoms with Gasteiger partial charge < -0.3 is 5.32 Å². The first-order valence-electron chi connectivity index (χ1n) is 7.99. The Hall–Kier alpha value is -0.230. The summed E-state index contributed by atoms with van der Waals surface area (Å²) in [4.78, 5) is 0. The Morgan fingerprint density at radius 3 is 2.64 bits per heavy atom. The molecule has 1 saturated heterocycles. The van der Waals surface area contributed by atoms with E-state index in [-0.39, 0.29) is 16.2 Å². The second-order valence-corrected chi connectivity index (χ2v) is 10.5. The van der Waals surface area contributed by atoms with Gasteiger partial charge in [0.15, 0.2) is 0 Å². The van der Waals surface area contributed by atoms with E-state index >= 15 is 0 Å². The fourth-order valence-corrected chi connectivity index (χ4v) is 4.99. The summed E-state index contributed by atoms with van der Waals surface area (Å²) in [7, 11) is -1.05. The maximum absolute atomic E-state index is 12.7. The molecule has 2 aliphatic rings. The predicted octanol–water partition coefficient (Wildman–Crippen LogP) is 3.47. The Bertz CT molecular complexity index is 591. The third-order valence-electron chi connectivity index (χ3n) is 4.95. The van der Waals surface area contributed by atoms with Crippen LogP contribution in [0.2, 0.25) is 0 Å². The van der Waals surface area contributed by atoms with Crippen LogP contribution in [0.1, 0.15) is 50.8 Å². The maximum Gasteiger partial charge on any atom is 0.0976 e. The number of halogens is 1. The van der Waals surface area contributed by atoms with Gasteiger partial charge in [0, 0.05) is 4.47 Å². The van der Waals surface area contributed by atoms with Gasteiger partial charge in [0.05, 0.1) is 21.8 Å². The van der Waals surface area contributed by atoms with Crippen molar-refractivity contribution in [1.29, 1.82) is 0 Å². The number of hydrogen-bond acceptors (Lipinski definition) is 2. The van der Waals surface area contributed by atoms with E-state index in [9.17, 15) is 4.21 Å². The molecule has 0 amide bonds. The van der Waals surface area contributed by atoms with Crippen LogP contribution in [-0.4, -0.2) is 22.0 Å². The molecule has 1 aromatic rings. The summed E-state index contributed by atoms with van der Waals surface area (Å²) in [5.41, 5.74) is 2.94. The quantitative estimate of drug-likeness (QED) is 0.819. The van der Waals surface area contributed by atoms with Crippen molar-refractivity contribution < 1.29 is 4.21 Å². The van der Waals surface area contributed by atoms with E-state index in [1.807, 2.05) is 20.8 Å². The molecule has 2 N–H and O–H groups in total. The third kappa shape index (κ3) is 3.05. The maximum atomic E-state index is 12.7. The van der Waals surface area contributed by atoms with Crippen LogP contribution < -0.4 is 10.0 Å². The van der Waals surface area contributed by atoms with Crippen LogP contribution in [-0.2, 0) is 17.4 Å². The molecule has 0 aromatic heterocycles.